The van der Waals surface area contributed by atoms with E-state index < -0.39 is 0 Å². The van der Waals surface area contributed by atoms with Gasteiger partial charge in [0.1, 0.15) is 0 Å². The third kappa shape index (κ3) is 3.46. The molecule has 1 amide bonds. The molecule has 5 nitrogen and oxygen atoms in total. The molecule has 24 heavy (non-hydrogen) atoms. The number of hydrogen-bond acceptors (Lipinski definition) is 3. The number of likely N-dealkylation sites (N-methyl/N-ethyl adjacent to an activating group) is 1. The largest absolute Gasteiger partial charge is 0.308 e. The van der Waals surface area contributed by atoms with Crippen LogP contribution in [0.2, 0.25) is 0 Å². The van der Waals surface area contributed by atoms with Crippen molar-refractivity contribution in [2.45, 2.75) is 6.42 Å². The van der Waals surface area contributed by atoms with Gasteiger partial charge in [0.05, 0.1) is 5.52 Å². The number of H-pyrrole nitrogens is 1. The van der Waals surface area contributed by atoms with E-state index in [0.717, 1.165) is 30.3 Å². The quantitative estimate of drug-likeness (QED) is 0.681. The van der Waals surface area contributed by atoms with Crippen LogP contribution in [0.25, 0.3) is 10.9 Å². The highest BCUT2D eigenvalue weighted by molar-refractivity contribution is 5.97. The smallest absolute Gasteiger partial charge is 0.215 e. The summed E-state index contributed by atoms with van der Waals surface area (Å²) in [5.41, 5.74) is 3.36. The number of aromatic nitrogens is 2. The van der Waals surface area contributed by atoms with Gasteiger partial charge in [-0.15, -0.1) is 0 Å². The first-order chi connectivity index (χ1) is 11.7. The lowest BCUT2D eigenvalue weighted by Crippen LogP contribution is -2.31. The summed E-state index contributed by atoms with van der Waals surface area (Å²) >= 11 is 0. The number of rotatable bonds is 7. The number of anilines is 1. The van der Waals surface area contributed by atoms with Crippen LogP contribution in [0.1, 0.15) is 11.1 Å². The average molecular weight is 322 g/mol. The Morgan fingerprint density at radius 3 is 2.54 bits per heavy atom. The van der Waals surface area contributed by atoms with Crippen molar-refractivity contribution in [1.29, 1.82) is 0 Å². The number of hydrogen-bond donors (Lipinski definition) is 1. The Morgan fingerprint density at radius 2 is 1.83 bits per heavy atom. The Bertz CT molecular complexity index is 811. The van der Waals surface area contributed by atoms with E-state index >= 15 is 0 Å². The molecule has 2 aromatic carbocycles. The van der Waals surface area contributed by atoms with Gasteiger partial charge in [-0.3, -0.25) is 14.8 Å². The molecule has 5 heteroatoms. The van der Waals surface area contributed by atoms with Crippen molar-refractivity contribution in [3.63, 3.8) is 0 Å². The number of aromatic amines is 1. The molecule has 0 spiro atoms. The highest BCUT2D eigenvalue weighted by Gasteiger charge is 2.16. The molecule has 124 valence electrons. The van der Waals surface area contributed by atoms with Crippen molar-refractivity contribution >= 4 is 23.1 Å². The SMILES string of the molecule is CN(C)CCN(C=O)c1n[nH]c2cccc(Cc3ccccc3)c12. The first kappa shape index (κ1) is 16.2. The van der Waals surface area contributed by atoms with Gasteiger partial charge in [0.2, 0.25) is 6.41 Å². The van der Waals surface area contributed by atoms with E-state index in [4.69, 9.17) is 0 Å². The molecule has 0 bridgehead atoms. The van der Waals surface area contributed by atoms with Crippen LogP contribution in [-0.4, -0.2) is 48.7 Å². The fourth-order valence-corrected chi connectivity index (χ4v) is 2.81. The summed E-state index contributed by atoms with van der Waals surface area (Å²) in [5, 5.41) is 8.47. The van der Waals surface area contributed by atoms with Gasteiger partial charge in [-0.25, -0.2) is 0 Å². The third-order valence-corrected chi connectivity index (χ3v) is 4.08. The lowest BCUT2D eigenvalue weighted by molar-refractivity contribution is -0.107. The summed E-state index contributed by atoms with van der Waals surface area (Å²) in [4.78, 5) is 15.3. The predicted octanol–water partition coefficient (Wildman–Crippen LogP) is 2.68. The topological polar surface area (TPSA) is 52.2 Å². The van der Waals surface area contributed by atoms with Crippen molar-refractivity contribution in [2.75, 3.05) is 32.1 Å². The Labute approximate surface area is 141 Å². The fraction of sp³-hybridized carbons (Fsp3) is 0.263. The zero-order chi connectivity index (χ0) is 16.9. The summed E-state index contributed by atoms with van der Waals surface area (Å²) < 4.78 is 0. The number of nitrogens with zero attached hydrogens (tertiary/aromatic N) is 3. The Balaban J connectivity index is 1.98. The minimum atomic E-state index is 0.607. The molecule has 0 aliphatic rings. The lowest BCUT2D eigenvalue weighted by Gasteiger charge is -2.18. The third-order valence-electron chi connectivity index (χ3n) is 4.08. The zero-order valence-corrected chi connectivity index (χ0v) is 14.1. The molecule has 0 atom stereocenters. The van der Waals surface area contributed by atoms with E-state index in [1.807, 2.05) is 44.4 Å². The van der Waals surface area contributed by atoms with Crippen molar-refractivity contribution in [3.8, 4) is 0 Å². The first-order valence-corrected chi connectivity index (χ1v) is 8.05. The number of carbonyl (C=O) groups excluding carboxylic acids is 1. The summed E-state index contributed by atoms with van der Waals surface area (Å²) in [6, 6.07) is 16.4. The van der Waals surface area contributed by atoms with E-state index in [1.165, 1.54) is 11.1 Å². The maximum atomic E-state index is 11.6. The molecule has 0 saturated carbocycles. The van der Waals surface area contributed by atoms with Crippen LogP contribution in [0.5, 0.6) is 0 Å². The van der Waals surface area contributed by atoms with E-state index in [0.29, 0.717) is 12.4 Å². The van der Waals surface area contributed by atoms with Gasteiger partial charge in [-0.05, 0) is 37.7 Å². The van der Waals surface area contributed by atoms with E-state index in [-0.39, 0.29) is 0 Å². The van der Waals surface area contributed by atoms with Gasteiger partial charge in [-0.1, -0.05) is 42.5 Å². The Kier molecular flexibility index (Phi) is 4.91. The average Bonchev–Trinajstić information content (AvgIpc) is 3.01. The van der Waals surface area contributed by atoms with Gasteiger partial charge in [0, 0.05) is 18.5 Å². The van der Waals surface area contributed by atoms with E-state index in [1.54, 1.807) is 4.90 Å². The first-order valence-electron chi connectivity index (χ1n) is 8.05. The number of nitrogens with one attached hydrogen (secondary N) is 1. The number of fused-ring (bicyclic) bond motifs is 1. The predicted molar refractivity (Wildman–Crippen MR) is 97.3 cm³/mol. The lowest BCUT2D eigenvalue weighted by atomic mass is 10.0. The highest BCUT2D eigenvalue weighted by Crippen LogP contribution is 2.28. The molecule has 1 N–H and O–H groups in total. The second kappa shape index (κ2) is 7.27. The van der Waals surface area contributed by atoms with Gasteiger partial charge >= 0.3 is 0 Å². The van der Waals surface area contributed by atoms with Crippen LogP contribution in [-0.2, 0) is 11.2 Å². The summed E-state index contributed by atoms with van der Waals surface area (Å²) in [6.07, 6.45) is 1.67. The van der Waals surface area contributed by atoms with Crippen LogP contribution < -0.4 is 4.90 Å². The minimum Gasteiger partial charge on any atom is -0.308 e. The normalized spacial score (nSPS) is 11.1. The van der Waals surface area contributed by atoms with Crippen molar-refractivity contribution in [2.24, 2.45) is 0 Å². The van der Waals surface area contributed by atoms with Crippen LogP contribution in [0.4, 0.5) is 5.82 Å². The van der Waals surface area contributed by atoms with Gasteiger partial charge in [-0.2, -0.15) is 5.10 Å². The standard InChI is InChI=1S/C19H22N4O/c1-22(2)11-12-23(14-24)19-18-16(9-6-10-17(18)20-21-19)13-15-7-4-3-5-8-15/h3-10,14H,11-13H2,1-2H3,(H,20,21). The van der Waals surface area contributed by atoms with Crippen LogP contribution in [0.3, 0.4) is 0 Å². The van der Waals surface area contributed by atoms with E-state index in [2.05, 4.69) is 33.3 Å². The Hall–Kier alpha value is -2.66. The molecule has 3 rings (SSSR count). The molecule has 0 unspecified atom stereocenters. The number of carbonyl (C=O) groups is 1. The minimum absolute atomic E-state index is 0.607. The van der Waals surface area contributed by atoms with Crippen molar-refractivity contribution in [3.05, 3.63) is 59.7 Å². The Morgan fingerprint density at radius 1 is 1.04 bits per heavy atom. The molecule has 1 aromatic heterocycles. The molecule has 0 radical (unpaired) electrons. The summed E-state index contributed by atoms with van der Waals surface area (Å²) in [5.74, 6) is 0.702. The molecule has 0 fully saturated rings. The van der Waals surface area contributed by atoms with Crippen LogP contribution in [0.15, 0.2) is 48.5 Å². The molecular weight excluding hydrogens is 300 g/mol. The van der Waals surface area contributed by atoms with E-state index in [9.17, 15) is 4.79 Å². The van der Waals surface area contributed by atoms with Gasteiger partial charge in [0.25, 0.3) is 0 Å². The zero-order valence-electron chi connectivity index (χ0n) is 14.1. The molecule has 0 aliphatic heterocycles. The molecule has 1 heterocycles. The van der Waals surface area contributed by atoms with Crippen LogP contribution in [0, 0.1) is 0 Å². The highest BCUT2D eigenvalue weighted by atomic mass is 16.1. The van der Waals surface area contributed by atoms with Crippen molar-refractivity contribution in [1.82, 2.24) is 15.1 Å². The number of benzene rings is 2. The monoisotopic (exact) mass is 322 g/mol. The fourth-order valence-electron chi connectivity index (χ4n) is 2.81. The number of amides is 1. The van der Waals surface area contributed by atoms with Gasteiger partial charge in [0.15, 0.2) is 5.82 Å². The summed E-state index contributed by atoms with van der Waals surface area (Å²) in [7, 11) is 3.99. The second-order valence-electron chi connectivity index (χ2n) is 6.15. The molecule has 3 aromatic rings. The summed E-state index contributed by atoms with van der Waals surface area (Å²) in [6.45, 7) is 1.39. The maximum absolute atomic E-state index is 11.6. The maximum Gasteiger partial charge on any atom is 0.215 e. The molecule has 0 saturated heterocycles. The van der Waals surface area contributed by atoms with Crippen molar-refractivity contribution < 1.29 is 4.79 Å². The van der Waals surface area contributed by atoms with Gasteiger partial charge < -0.3 is 4.90 Å². The molecular formula is C19H22N4O. The second-order valence-corrected chi connectivity index (χ2v) is 6.15. The molecule has 0 aliphatic carbocycles. The van der Waals surface area contributed by atoms with Crippen LogP contribution >= 0.6 is 0 Å².